The molecule has 1 fully saturated rings. The highest BCUT2D eigenvalue weighted by Gasteiger charge is 2.43. The molecule has 47 heavy (non-hydrogen) atoms. The van der Waals surface area contributed by atoms with Crippen LogP contribution in [0.4, 0.5) is 24.1 Å². The van der Waals surface area contributed by atoms with Crippen LogP contribution in [0.25, 0.3) is 0 Å². The van der Waals surface area contributed by atoms with Crippen molar-refractivity contribution in [2.45, 2.75) is 51.5 Å². The summed E-state index contributed by atoms with van der Waals surface area (Å²) >= 11 is 0. The fourth-order valence-electron chi connectivity index (χ4n) is 6.00. The van der Waals surface area contributed by atoms with Gasteiger partial charge in [-0.3, -0.25) is 4.79 Å². The van der Waals surface area contributed by atoms with Crippen molar-refractivity contribution in [3.05, 3.63) is 76.5 Å². The van der Waals surface area contributed by atoms with Gasteiger partial charge < -0.3 is 30.3 Å². The number of halogens is 2. The van der Waals surface area contributed by atoms with E-state index in [0.29, 0.717) is 25.3 Å². The summed E-state index contributed by atoms with van der Waals surface area (Å²) < 4.78 is 38.1. The largest absolute Gasteiger partial charge is 0.466 e. The van der Waals surface area contributed by atoms with E-state index in [1.54, 1.807) is 0 Å². The minimum absolute atomic E-state index is 0.00856. The van der Waals surface area contributed by atoms with Gasteiger partial charge in [-0.15, -0.1) is 0 Å². The number of anilines is 1. The summed E-state index contributed by atoms with van der Waals surface area (Å²) in [5, 5.41) is 8.23. The third kappa shape index (κ3) is 9.13. The molecule has 2 heterocycles. The maximum Gasteiger partial charge on any atom is 0.338 e. The average molecular weight is 656 g/mol. The number of methoxy groups -OCH3 is 2. The summed E-state index contributed by atoms with van der Waals surface area (Å²) in [6, 6.07) is 7.88. The lowest BCUT2D eigenvalue weighted by molar-refractivity contribution is -0.137. The Morgan fingerprint density at radius 2 is 1.77 bits per heavy atom. The molecule has 0 aromatic heterocycles. The molecule has 3 N–H and O–H groups in total. The zero-order chi connectivity index (χ0) is 34.1. The smallest absolute Gasteiger partial charge is 0.338 e. The monoisotopic (exact) mass is 655 g/mol. The first kappa shape index (κ1) is 35.5. The Labute approximate surface area is 273 Å². The summed E-state index contributed by atoms with van der Waals surface area (Å²) in [4.78, 5) is 54.7. The van der Waals surface area contributed by atoms with Gasteiger partial charge in [0.25, 0.3) is 0 Å². The lowest BCUT2D eigenvalue weighted by Crippen LogP contribution is -2.55. The number of amides is 5. The fourth-order valence-corrected chi connectivity index (χ4v) is 6.00. The lowest BCUT2D eigenvalue weighted by atomic mass is 9.89. The van der Waals surface area contributed by atoms with Crippen molar-refractivity contribution in [2.75, 3.05) is 52.3 Å². The fraction of sp³-hybridized carbons (Fsp3) is 0.471. The highest BCUT2D eigenvalue weighted by atomic mass is 19.2. The maximum atomic E-state index is 14.3. The van der Waals surface area contributed by atoms with E-state index in [1.807, 2.05) is 26.0 Å². The topological polar surface area (TPSA) is 129 Å². The lowest BCUT2D eigenvalue weighted by Gasteiger charge is -2.36. The molecule has 254 valence electrons. The van der Waals surface area contributed by atoms with Crippen molar-refractivity contribution in [3.8, 4) is 0 Å². The van der Waals surface area contributed by atoms with Crippen LogP contribution in [0.3, 0.4) is 0 Å². The van der Waals surface area contributed by atoms with Crippen LogP contribution in [0.2, 0.25) is 0 Å². The van der Waals surface area contributed by atoms with Gasteiger partial charge in [-0.1, -0.05) is 32.0 Å². The van der Waals surface area contributed by atoms with Gasteiger partial charge in [-0.05, 0) is 86.1 Å². The second kappa shape index (κ2) is 16.5. The SMILES string of the molecule is COCC1=C(C(=O)OC)C(c2ccc(F)c(F)c2)N(C(=O)NCCCN2CCC(c3cccc(NC(=O)CC(C)C)c3)CC2)C(=O)N1. The molecule has 11 nitrogen and oxygen atoms in total. The first-order valence-electron chi connectivity index (χ1n) is 15.8. The van der Waals surface area contributed by atoms with Crippen LogP contribution in [0.15, 0.2) is 53.7 Å². The summed E-state index contributed by atoms with van der Waals surface area (Å²) in [7, 11) is 2.49. The predicted octanol–water partition coefficient (Wildman–Crippen LogP) is 5.07. The van der Waals surface area contributed by atoms with Gasteiger partial charge in [0.05, 0.1) is 25.0 Å². The van der Waals surface area contributed by atoms with Gasteiger partial charge in [0.2, 0.25) is 5.91 Å². The van der Waals surface area contributed by atoms with Crippen molar-refractivity contribution in [3.63, 3.8) is 0 Å². The van der Waals surface area contributed by atoms with Crippen LogP contribution < -0.4 is 16.0 Å². The molecular weight excluding hydrogens is 612 g/mol. The van der Waals surface area contributed by atoms with Gasteiger partial charge in [0.1, 0.15) is 6.04 Å². The number of nitrogens with zero attached hydrogens (tertiary/aromatic N) is 2. The third-order valence-corrected chi connectivity index (χ3v) is 8.26. The number of hydrogen-bond acceptors (Lipinski definition) is 7. The number of esters is 1. The number of carbonyl (C=O) groups excluding carboxylic acids is 4. The molecule has 2 aromatic rings. The number of carbonyl (C=O) groups is 4. The molecule has 0 radical (unpaired) electrons. The van der Waals surface area contributed by atoms with Crippen molar-refractivity contribution >= 4 is 29.6 Å². The predicted molar refractivity (Wildman–Crippen MR) is 171 cm³/mol. The van der Waals surface area contributed by atoms with Gasteiger partial charge >= 0.3 is 18.0 Å². The molecule has 2 aliphatic heterocycles. The first-order chi connectivity index (χ1) is 22.5. The number of benzene rings is 2. The average Bonchev–Trinajstić information content (AvgIpc) is 3.04. The maximum absolute atomic E-state index is 14.3. The van der Waals surface area contributed by atoms with Crippen LogP contribution in [0.5, 0.6) is 0 Å². The Bertz CT molecular complexity index is 1490. The third-order valence-electron chi connectivity index (χ3n) is 8.26. The van der Waals surface area contributed by atoms with Crippen molar-refractivity contribution in [1.82, 2.24) is 20.4 Å². The summed E-state index contributed by atoms with van der Waals surface area (Å²) in [6.45, 7) is 6.50. The number of imide groups is 1. The molecule has 5 amide bonds. The number of urea groups is 2. The van der Waals surface area contributed by atoms with E-state index in [9.17, 15) is 28.0 Å². The second-order valence-electron chi connectivity index (χ2n) is 12.2. The summed E-state index contributed by atoms with van der Waals surface area (Å²) in [5.41, 5.74) is 1.93. The molecule has 1 unspecified atom stereocenters. The highest BCUT2D eigenvalue weighted by molar-refractivity contribution is 6.01. The van der Waals surface area contributed by atoms with Crippen LogP contribution in [-0.2, 0) is 19.1 Å². The Morgan fingerprint density at radius 3 is 2.43 bits per heavy atom. The van der Waals surface area contributed by atoms with E-state index in [2.05, 4.69) is 33.0 Å². The molecule has 4 rings (SSSR count). The minimum atomic E-state index is -1.39. The summed E-state index contributed by atoms with van der Waals surface area (Å²) in [6.07, 6.45) is 2.97. The van der Waals surface area contributed by atoms with E-state index in [-0.39, 0.29) is 41.8 Å². The van der Waals surface area contributed by atoms with E-state index in [1.165, 1.54) is 18.7 Å². The zero-order valence-corrected chi connectivity index (χ0v) is 27.2. The highest BCUT2D eigenvalue weighted by Crippen LogP contribution is 2.35. The molecule has 1 atom stereocenters. The van der Waals surface area contributed by atoms with Gasteiger partial charge in [-0.25, -0.2) is 28.1 Å². The molecule has 0 saturated carbocycles. The molecule has 0 bridgehead atoms. The minimum Gasteiger partial charge on any atom is -0.466 e. The second-order valence-corrected chi connectivity index (χ2v) is 12.2. The van der Waals surface area contributed by atoms with E-state index in [4.69, 9.17) is 9.47 Å². The van der Waals surface area contributed by atoms with Gasteiger partial charge in [-0.2, -0.15) is 0 Å². The van der Waals surface area contributed by atoms with Crippen molar-refractivity contribution < 1.29 is 37.4 Å². The number of hydrogen-bond donors (Lipinski definition) is 3. The number of likely N-dealkylation sites (tertiary alicyclic amines) is 1. The van der Waals surface area contributed by atoms with E-state index in [0.717, 1.165) is 55.8 Å². The molecule has 2 aliphatic rings. The standard InChI is InChI=1S/C34H43F2N5O6/c1-21(2)17-29(42)38-25-8-5-7-23(18-25)22-11-15-40(16-12-22)14-6-13-37-33(44)41-31(24-9-10-26(35)27(36)19-24)30(32(43)47-4)28(20-46-3)39-34(41)45/h5,7-10,18-19,21-22,31H,6,11-17,20H2,1-4H3,(H,37,44)(H,38,42)(H,39,45). The molecule has 2 aromatic carbocycles. The van der Waals surface area contributed by atoms with Crippen molar-refractivity contribution in [2.24, 2.45) is 5.92 Å². The van der Waals surface area contributed by atoms with E-state index < -0.39 is 35.7 Å². The first-order valence-corrected chi connectivity index (χ1v) is 15.8. The van der Waals surface area contributed by atoms with Crippen LogP contribution >= 0.6 is 0 Å². The summed E-state index contributed by atoms with van der Waals surface area (Å²) in [5.74, 6) is -2.51. The Morgan fingerprint density at radius 1 is 1.02 bits per heavy atom. The molecule has 13 heteroatoms. The van der Waals surface area contributed by atoms with Crippen LogP contribution in [0.1, 0.15) is 62.6 Å². The Hall–Kier alpha value is -4.36. The molecular formula is C34H43F2N5O6. The number of ether oxygens (including phenoxy) is 2. The van der Waals surface area contributed by atoms with Gasteiger partial charge in [0, 0.05) is 25.8 Å². The normalized spacial score (nSPS) is 17.5. The zero-order valence-electron chi connectivity index (χ0n) is 27.2. The quantitative estimate of drug-likeness (QED) is 0.215. The van der Waals surface area contributed by atoms with Crippen molar-refractivity contribution in [1.29, 1.82) is 0 Å². The molecule has 0 aliphatic carbocycles. The number of piperidine rings is 1. The number of nitrogens with one attached hydrogen (secondary N) is 3. The number of rotatable bonds is 12. The van der Waals surface area contributed by atoms with Crippen LogP contribution in [0, 0.1) is 17.6 Å². The molecule has 1 saturated heterocycles. The molecule has 0 spiro atoms. The van der Waals surface area contributed by atoms with Crippen LogP contribution in [-0.4, -0.2) is 80.7 Å². The Balaban J connectivity index is 1.35. The van der Waals surface area contributed by atoms with E-state index >= 15 is 0 Å². The van der Waals surface area contributed by atoms with Gasteiger partial charge in [0.15, 0.2) is 11.6 Å². The Kier molecular flexibility index (Phi) is 12.4.